The Labute approximate surface area is 162 Å². The fourth-order valence-electron chi connectivity index (χ4n) is 4.04. The Balaban J connectivity index is 1.97. The van der Waals surface area contributed by atoms with E-state index in [1.807, 2.05) is 31.2 Å². The van der Waals surface area contributed by atoms with E-state index < -0.39 is 0 Å². The van der Waals surface area contributed by atoms with Crippen LogP contribution in [0.4, 0.5) is 11.4 Å². The fourth-order valence-corrected chi connectivity index (χ4v) is 4.04. The van der Waals surface area contributed by atoms with E-state index in [-0.39, 0.29) is 29.7 Å². The number of nitrogens with zero attached hydrogens (tertiary/aromatic N) is 1. The molecule has 0 radical (unpaired) electrons. The molecule has 0 aromatic heterocycles. The molecule has 1 unspecified atom stereocenters. The zero-order chi connectivity index (χ0) is 19.8. The van der Waals surface area contributed by atoms with Gasteiger partial charge in [0.1, 0.15) is 0 Å². The van der Waals surface area contributed by atoms with Crippen LogP contribution in [-0.4, -0.2) is 30.8 Å². The average molecular weight is 370 g/mol. The molecule has 0 bridgehead atoms. The molecule has 3 rings (SSSR count). The number of Topliss-reactive ketones (excluding diaryl/α,β-unsaturated/α-hetero) is 1. The lowest BCUT2D eigenvalue weighted by Crippen LogP contribution is -2.45. The van der Waals surface area contributed by atoms with Gasteiger partial charge in [0, 0.05) is 24.2 Å². The first-order valence-corrected chi connectivity index (χ1v) is 9.83. The van der Waals surface area contributed by atoms with Crippen molar-refractivity contribution in [3.8, 4) is 0 Å². The van der Waals surface area contributed by atoms with E-state index in [0.29, 0.717) is 18.9 Å². The number of amides is 1. The lowest BCUT2D eigenvalue weighted by molar-refractivity contribution is -0.120. The maximum absolute atomic E-state index is 13.0. The van der Waals surface area contributed by atoms with Gasteiger partial charge in [-0.05, 0) is 36.8 Å². The molecular weight excluding hydrogens is 338 g/mol. The van der Waals surface area contributed by atoms with Crippen LogP contribution in [0.15, 0.2) is 35.5 Å². The number of anilines is 2. The monoisotopic (exact) mass is 369 g/mol. The molecule has 1 atom stereocenters. The zero-order valence-corrected chi connectivity index (χ0v) is 17.1. The van der Waals surface area contributed by atoms with Crippen LogP contribution in [0, 0.1) is 11.3 Å². The number of benzene rings is 1. The van der Waals surface area contributed by atoms with Gasteiger partial charge in [-0.25, -0.2) is 0 Å². The molecule has 2 aliphatic rings. The van der Waals surface area contributed by atoms with E-state index in [2.05, 4.69) is 43.2 Å². The molecule has 1 aromatic carbocycles. The van der Waals surface area contributed by atoms with Crippen LogP contribution < -0.4 is 15.5 Å². The summed E-state index contributed by atoms with van der Waals surface area (Å²) in [5.74, 6) is 0.570. The number of carbonyl (C=O) groups excluding carboxylic acids is 2. The maximum atomic E-state index is 13.0. The van der Waals surface area contributed by atoms with Crippen molar-refractivity contribution in [3.05, 3.63) is 35.5 Å². The number of nitrogens with one attached hydrogen (secondary N) is 2. The standard InChI is InChI=1S/C22H31N3O2/c1-14(2)12-23-20(27)13-25-15(3)21-17(10-22(4,5)11-19(21)26)24-16-8-6-7-9-18(16)25/h6-9,14-15,24H,10-13H2,1-5H3,(H,23,27). The number of hydrogen-bond donors (Lipinski definition) is 2. The number of rotatable bonds is 4. The molecule has 0 saturated heterocycles. The molecular formula is C22H31N3O2. The summed E-state index contributed by atoms with van der Waals surface area (Å²) in [5, 5.41) is 6.51. The molecule has 0 spiro atoms. The van der Waals surface area contributed by atoms with Crippen LogP contribution in [0.1, 0.15) is 47.5 Å². The molecule has 0 fully saturated rings. The Morgan fingerprint density at radius 3 is 2.70 bits per heavy atom. The van der Waals surface area contributed by atoms with E-state index in [4.69, 9.17) is 0 Å². The number of hydrogen-bond acceptors (Lipinski definition) is 4. The second-order valence-corrected chi connectivity index (χ2v) is 8.98. The smallest absolute Gasteiger partial charge is 0.239 e. The Morgan fingerprint density at radius 2 is 2.00 bits per heavy atom. The van der Waals surface area contributed by atoms with Crippen LogP contribution >= 0.6 is 0 Å². The second-order valence-electron chi connectivity index (χ2n) is 8.98. The van der Waals surface area contributed by atoms with Crippen LogP contribution in [-0.2, 0) is 9.59 Å². The summed E-state index contributed by atoms with van der Waals surface area (Å²) in [6, 6.07) is 7.84. The predicted octanol–water partition coefficient (Wildman–Crippen LogP) is 3.72. The van der Waals surface area contributed by atoms with Gasteiger partial charge in [0.15, 0.2) is 5.78 Å². The minimum absolute atomic E-state index is 0.0157. The zero-order valence-electron chi connectivity index (χ0n) is 17.1. The molecule has 1 heterocycles. The third-order valence-corrected chi connectivity index (χ3v) is 5.33. The summed E-state index contributed by atoms with van der Waals surface area (Å²) in [6.45, 7) is 11.3. The summed E-state index contributed by atoms with van der Waals surface area (Å²) in [5.41, 5.74) is 3.69. The van der Waals surface area contributed by atoms with Crippen molar-refractivity contribution in [2.45, 2.75) is 53.5 Å². The number of fused-ring (bicyclic) bond motifs is 1. The first-order valence-electron chi connectivity index (χ1n) is 9.83. The first-order chi connectivity index (χ1) is 12.7. The molecule has 27 heavy (non-hydrogen) atoms. The number of carbonyl (C=O) groups is 2. The van der Waals surface area contributed by atoms with Crippen LogP contribution in [0.3, 0.4) is 0 Å². The molecule has 1 aromatic rings. The third-order valence-electron chi connectivity index (χ3n) is 5.33. The van der Waals surface area contributed by atoms with Crippen molar-refractivity contribution in [3.63, 3.8) is 0 Å². The summed E-state index contributed by atoms with van der Waals surface area (Å²) in [6.07, 6.45) is 1.38. The maximum Gasteiger partial charge on any atom is 0.239 e. The largest absolute Gasteiger partial charge is 0.357 e. The predicted molar refractivity (Wildman–Crippen MR) is 110 cm³/mol. The Bertz CT molecular complexity index is 780. The minimum Gasteiger partial charge on any atom is -0.357 e. The lowest BCUT2D eigenvalue weighted by Gasteiger charge is -2.36. The Kier molecular flexibility index (Phi) is 5.31. The first kappa shape index (κ1) is 19.5. The quantitative estimate of drug-likeness (QED) is 0.849. The summed E-state index contributed by atoms with van der Waals surface area (Å²) >= 11 is 0. The van der Waals surface area contributed by atoms with Gasteiger partial charge in [0.05, 0.1) is 24.0 Å². The second kappa shape index (κ2) is 7.37. The molecule has 2 N–H and O–H groups in total. The topological polar surface area (TPSA) is 61.4 Å². The highest BCUT2D eigenvalue weighted by Crippen LogP contribution is 2.43. The van der Waals surface area contributed by atoms with Crippen molar-refractivity contribution in [2.24, 2.45) is 11.3 Å². The normalized spacial score (nSPS) is 21.3. The van der Waals surface area contributed by atoms with Gasteiger partial charge in [-0.2, -0.15) is 0 Å². The number of para-hydroxylation sites is 2. The highest BCUT2D eigenvalue weighted by molar-refractivity contribution is 6.01. The summed E-state index contributed by atoms with van der Waals surface area (Å²) in [7, 11) is 0. The van der Waals surface area contributed by atoms with Crippen LogP contribution in [0.5, 0.6) is 0 Å². The average Bonchev–Trinajstić information content (AvgIpc) is 2.67. The van der Waals surface area contributed by atoms with Crippen molar-refractivity contribution in [1.29, 1.82) is 0 Å². The van der Waals surface area contributed by atoms with E-state index in [9.17, 15) is 9.59 Å². The van der Waals surface area contributed by atoms with E-state index >= 15 is 0 Å². The molecule has 1 aliphatic heterocycles. The summed E-state index contributed by atoms with van der Waals surface area (Å²) in [4.78, 5) is 27.6. The Morgan fingerprint density at radius 1 is 1.30 bits per heavy atom. The van der Waals surface area contributed by atoms with Crippen molar-refractivity contribution in [2.75, 3.05) is 23.3 Å². The number of ketones is 1. The molecule has 1 aliphatic carbocycles. The van der Waals surface area contributed by atoms with Crippen molar-refractivity contribution >= 4 is 23.1 Å². The van der Waals surface area contributed by atoms with E-state index in [1.54, 1.807) is 0 Å². The van der Waals surface area contributed by atoms with Gasteiger partial charge in [-0.3, -0.25) is 9.59 Å². The molecule has 5 heteroatoms. The fraction of sp³-hybridized carbons (Fsp3) is 0.545. The lowest BCUT2D eigenvalue weighted by atomic mass is 9.74. The van der Waals surface area contributed by atoms with Crippen molar-refractivity contribution in [1.82, 2.24) is 5.32 Å². The molecule has 0 saturated carbocycles. The Hall–Kier alpha value is -2.30. The third kappa shape index (κ3) is 4.18. The highest BCUT2D eigenvalue weighted by atomic mass is 16.2. The van der Waals surface area contributed by atoms with Gasteiger partial charge < -0.3 is 15.5 Å². The number of allylic oxidation sites excluding steroid dienone is 1. The van der Waals surface area contributed by atoms with Crippen LogP contribution in [0.25, 0.3) is 0 Å². The molecule has 5 nitrogen and oxygen atoms in total. The van der Waals surface area contributed by atoms with Crippen molar-refractivity contribution < 1.29 is 9.59 Å². The SMILES string of the molecule is CC(C)CNC(=O)CN1c2ccccc2NC2=C(C(=O)CC(C)(C)C2)C1C. The molecule has 146 valence electrons. The van der Waals surface area contributed by atoms with E-state index in [0.717, 1.165) is 29.1 Å². The van der Waals surface area contributed by atoms with Gasteiger partial charge in [0.25, 0.3) is 0 Å². The van der Waals surface area contributed by atoms with Gasteiger partial charge in [-0.15, -0.1) is 0 Å². The van der Waals surface area contributed by atoms with Gasteiger partial charge >= 0.3 is 0 Å². The minimum atomic E-state index is -0.149. The van der Waals surface area contributed by atoms with Gasteiger partial charge in [0.2, 0.25) is 5.91 Å². The molecule has 1 amide bonds. The van der Waals surface area contributed by atoms with Crippen LogP contribution in [0.2, 0.25) is 0 Å². The summed E-state index contributed by atoms with van der Waals surface area (Å²) < 4.78 is 0. The highest BCUT2D eigenvalue weighted by Gasteiger charge is 2.39. The van der Waals surface area contributed by atoms with Gasteiger partial charge in [-0.1, -0.05) is 39.8 Å². The van der Waals surface area contributed by atoms with E-state index in [1.165, 1.54) is 0 Å².